The number of nitrogens with one attached hydrogen (secondary N) is 2. The van der Waals surface area contributed by atoms with E-state index in [-0.39, 0.29) is 17.8 Å². The Bertz CT molecular complexity index is 1100. The molecular formula is C23H22FN5O3. The second-order valence-corrected chi connectivity index (χ2v) is 7.17. The molecule has 4 rings (SSSR count). The van der Waals surface area contributed by atoms with Crippen LogP contribution in [0.4, 0.5) is 21.6 Å². The van der Waals surface area contributed by atoms with Gasteiger partial charge in [-0.25, -0.2) is 19.3 Å². The first-order valence-corrected chi connectivity index (χ1v) is 10.1. The summed E-state index contributed by atoms with van der Waals surface area (Å²) in [4.78, 5) is 24.2. The van der Waals surface area contributed by atoms with E-state index in [0.29, 0.717) is 42.7 Å². The monoisotopic (exact) mass is 435 g/mol. The number of pyridine rings is 1. The van der Waals surface area contributed by atoms with Gasteiger partial charge in [0.15, 0.2) is 11.6 Å². The SMILES string of the molecule is C=CC(=O)Nc1cccc(Nc2nc(Cc3ccc(OC4CCOC4)nc3)ncc2F)c1. The van der Waals surface area contributed by atoms with Crippen molar-refractivity contribution in [3.05, 3.63) is 78.7 Å². The summed E-state index contributed by atoms with van der Waals surface area (Å²) >= 11 is 0. The first kappa shape index (κ1) is 21.4. The number of anilines is 3. The number of hydrogen-bond donors (Lipinski definition) is 2. The molecule has 9 heteroatoms. The summed E-state index contributed by atoms with van der Waals surface area (Å²) in [6.45, 7) is 4.70. The Kier molecular flexibility index (Phi) is 6.66. The molecule has 2 N–H and O–H groups in total. The number of carbonyl (C=O) groups is 1. The van der Waals surface area contributed by atoms with E-state index in [4.69, 9.17) is 9.47 Å². The van der Waals surface area contributed by atoms with E-state index in [1.54, 1.807) is 36.5 Å². The molecule has 1 fully saturated rings. The molecular weight excluding hydrogens is 413 g/mol. The molecule has 3 aromatic rings. The number of carbonyl (C=O) groups excluding carboxylic acids is 1. The summed E-state index contributed by atoms with van der Waals surface area (Å²) in [5.74, 6) is 0.0882. The predicted molar refractivity (Wildman–Crippen MR) is 117 cm³/mol. The number of aromatic nitrogens is 3. The summed E-state index contributed by atoms with van der Waals surface area (Å²) in [6, 6.07) is 10.5. The van der Waals surface area contributed by atoms with Gasteiger partial charge in [-0.05, 0) is 29.8 Å². The maximum absolute atomic E-state index is 14.3. The van der Waals surface area contributed by atoms with Gasteiger partial charge in [0.25, 0.3) is 0 Å². The number of nitrogens with zero attached hydrogens (tertiary/aromatic N) is 3. The van der Waals surface area contributed by atoms with Gasteiger partial charge in [0.2, 0.25) is 11.8 Å². The minimum absolute atomic E-state index is 0.0333. The van der Waals surface area contributed by atoms with Gasteiger partial charge in [-0.1, -0.05) is 18.7 Å². The largest absolute Gasteiger partial charge is 0.472 e. The molecule has 164 valence electrons. The van der Waals surface area contributed by atoms with Crippen molar-refractivity contribution in [3.63, 3.8) is 0 Å². The zero-order valence-corrected chi connectivity index (χ0v) is 17.3. The topological polar surface area (TPSA) is 98.3 Å². The van der Waals surface area contributed by atoms with Crippen LogP contribution in [0, 0.1) is 5.82 Å². The zero-order valence-electron chi connectivity index (χ0n) is 17.3. The number of ether oxygens (including phenoxy) is 2. The highest BCUT2D eigenvalue weighted by molar-refractivity contribution is 5.99. The van der Waals surface area contributed by atoms with Crippen molar-refractivity contribution in [2.24, 2.45) is 0 Å². The highest BCUT2D eigenvalue weighted by atomic mass is 19.1. The van der Waals surface area contributed by atoms with Crippen molar-refractivity contribution in [1.29, 1.82) is 0 Å². The number of hydrogen-bond acceptors (Lipinski definition) is 7. The molecule has 1 aromatic carbocycles. The Morgan fingerprint density at radius 3 is 2.88 bits per heavy atom. The van der Waals surface area contributed by atoms with Crippen LogP contribution in [-0.2, 0) is 16.0 Å². The van der Waals surface area contributed by atoms with E-state index in [9.17, 15) is 9.18 Å². The van der Waals surface area contributed by atoms with Gasteiger partial charge < -0.3 is 20.1 Å². The standard InChI is InChI=1S/C23H22FN5O3/c1-2-21(30)27-16-4-3-5-17(11-16)28-23-19(24)13-25-20(29-23)10-15-6-7-22(26-12-15)32-18-8-9-31-14-18/h2-7,11-13,18H,1,8-10,14H2,(H,27,30)(H,25,28,29). The first-order chi connectivity index (χ1) is 15.6. The van der Waals surface area contributed by atoms with Crippen molar-refractivity contribution >= 4 is 23.1 Å². The number of halogens is 1. The number of benzene rings is 1. The van der Waals surface area contributed by atoms with E-state index < -0.39 is 5.82 Å². The van der Waals surface area contributed by atoms with Crippen molar-refractivity contribution in [2.45, 2.75) is 18.9 Å². The van der Waals surface area contributed by atoms with Crippen LogP contribution in [-0.4, -0.2) is 40.2 Å². The van der Waals surface area contributed by atoms with Crippen LogP contribution < -0.4 is 15.4 Å². The zero-order chi connectivity index (χ0) is 22.3. The van der Waals surface area contributed by atoms with E-state index in [1.807, 2.05) is 6.07 Å². The smallest absolute Gasteiger partial charge is 0.247 e. The normalized spacial score (nSPS) is 15.2. The third-order valence-electron chi connectivity index (χ3n) is 4.71. The van der Waals surface area contributed by atoms with Crippen molar-refractivity contribution in [3.8, 4) is 5.88 Å². The molecule has 8 nitrogen and oxygen atoms in total. The van der Waals surface area contributed by atoms with E-state index in [2.05, 4.69) is 32.2 Å². The Balaban J connectivity index is 1.43. The maximum atomic E-state index is 14.3. The van der Waals surface area contributed by atoms with E-state index in [0.717, 1.165) is 18.2 Å². The second kappa shape index (κ2) is 9.97. The quantitative estimate of drug-likeness (QED) is 0.521. The molecule has 2 aromatic heterocycles. The van der Waals surface area contributed by atoms with E-state index >= 15 is 0 Å². The van der Waals surface area contributed by atoms with Crippen LogP contribution in [0.2, 0.25) is 0 Å². The van der Waals surface area contributed by atoms with Gasteiger partial charge >= 0.3 is 0 Å². The molecule has 0 radical (unpaired) electrons. The van der Waals surface area contributed by atoms with Crippen molar-refractivity contribution in [1.82, 2.24) is 15.0 Å². The van der Waals surface area contributed by atoms with Gasteiger partial charge in [0.1, 0.15) is 11.9 Å². The maximum Gasteiger partial charge on any atom is 0.247 e. The lowest BCUT2D eigenvalue weighted by molar-refractivity contribution is -0.111. The minimum Gasteiger partial charge on any atom is -0.472 e. The summed E-state index contributed by atoms with van der Waals surface area (Å²) in [6.07, 6.45) is 5.25. The Morgan fingerprint density at radius 1 is 1.25 bits per heavy atom. The van der Waals surface area contributed by atoms with Crippen LogP contribution >= 0.6 is 0 Å². The molecule has 0 aliphatic carbocycles. The fourth-order valence-corrected chi connectivity index (χ4v) is 3.13. The number of amides is 1. The van der Waals surface area contributed by atoms with Crippen LogP contribution in [0.15, 0.2) is 61.4 Å². The van der Waals surface area contributed by atoms with E-state index in [1.165, 1.54) is 6.08 Å². The molecule has 0 saturated carbocycles. The fraction of sp³-hybridized carbons (Fsp3) is 0.217. The Morgan fingerprint density at radius 2 is 2.12 bits per heavy atom. The first-order valence-electron chi connectivity index (χ1n) is 10.1. The summed E-state index contributed by atoms with van der Waals surface area (Å²) in [7, 11) is 0. The number of rotatable bonds is 8. The minimum atomic E-state index is -0.588. The van der Waals surface area contributed by atoms with Gasteiger partial charge in [0, 0.05) is 36.5 Å². The van der Waals surface area contributed by atoms with Crippen molar-refractivity contribution < 1.29 is 18.7 Å². The second-order valence-electron chi connectivity index (χ2n) is 7.17. The molecule has 0 spiro atoms. The average molecular weight is 435 g/mol. The third-order valence-corrected chi connectivity index (χ3v) is 4.71. The van der Waals surface area contributed by atoms with Crippen LogP contribution in [0.1, 0.15) is 17.8 Å². The molecule has 0 bridgehead atoms. The van der Waals surface area contributed by atoms with Gasteiger partial charge in [-0.3, -0.25) is 4.79 Å². The molecule has 1 atom stereocenters. The van der Waals surface area contributed by atoms with Crippen molar-refractivity contribution in [2.75, 3.05) is 23.8 Å². The summed E-state index contributed by atoms with van der Waals surface area (Å²) < 4.78 is 25.4. The van der Waals surface area contributed by atoms with Gasteiger partial charge in [0.05, 0.1) is 19.4 Å². The lowest BCUT2D eigenvalue weighted by Crippen LogP contribution is -2.16. The highest BCUT2D eigenvalue weighted by Gasteiger charge is 2.17. The lowest BCUT2D eigenvalue weighted by Gasteiger charge is -2.11. The summed E-state index contributed by atoms with van der Waals surface area (Å²) in [5.41, 5.74) is 1.98. The summed E-state index contributed by atoms with van der Waals surface area (Å²) in [5, 5.41) is 5.58. The molecule has 1 amide bonds. The van der Waals surface area contributed by atoms with Crippen LogP contribution in [0.5, 0.6) is 5.88 Å². The Labute approximate surface area is 184 Å². The molecule has 1 saturated heterocycles. The van der Waals surface area contributed by atoms with Crippen LogP contribution in [0.25, 0.3) is 0 Å². The molecule has 32 heavy (non-hydrogen) atoms. The van der Waals surface area contributed by atoms with Crippen LogP contribution in [0.3, 0.4) is 0 Å². The van der Waals surface area contributed by atoms with Gasteiger partial charge in [-0.2, -0.15) is 0 Å². The predicted octanol–water partition coefficient (Wildman–Crippen LogP) is 3.64. The Hall–Kier alpha value is -3.85. The fourth-order valence-electron chi connectivity index (χ4n) is 3.13. The molecule has 1 unspecified atom stereocenters. The molecule has 3 heterocycles. The average Bonchev–Trinajstić information content (AvgIpc) is 3.31. The third kappa shape index (κ3) is 5.64. The molecule has 1 aliphatic rings. The highest BCUT2D eigenvalue weighted by Crippen LogP contribution is 2.22. The van der Waals surface area contributed by atoms with Gasteiger partial charge in [-0.15, -0.1) is 0 Å². The molecule has 1 aliphatic heterocycles. The lowest BCUT2D eigenvalue weighted by atomic mass is 10.2.